The van der Waals surface area contributed by atoms with Crippen molar-refractivity contribution in [1.29, 1.82) is 0 Å². The van der Waals surface area contributed by atoms with E-state index in [-0.39, 0.29) is 27.9 Å². The van der Waals surface area contributed by atoms with Gasteiger partial charge in [-0.25, -0.2) is 4.79 Å². The van der Waals surface area contributed by atoms with Crippen LogP contribution in [0.5, 0.6) is 0 Å². The molecule has 1 aliphatic heterocycles. The van der Waals surface area contributed by atoms with E-state index in [1.165, 1.54) is 18.9 Å². The number of amides is 1. The number of ketones is 2. The first-order valence-electron chi connectivity index (χ1n) is 19.7. The number of nitrogens with two attached hydrogens (primary N) is 1. The molecule has 9 nitrogen and oxygen atoms in total. The minimum atomic E-state index is -1.25. The lowest BCUT2D eigenvalue weighted by Gasteiger charge is -2.53. The van der Waals surface area contributed by atoms with E-state index in [2.05, 4.69) is 24.4 Å². The van der Waals surface area contributed by atoms with Gasteiger partial charge in [0, 0.05) is 43.8 Å². The molecule has 2 aromatic rings. The predicted octanol–water partition coefficient (Wildman–Crippen LogP) is 8.75. The number of alkyl carbamates (subject to hydrolysis) is 1. The summed E-state index contributed by atoms with van der Waals surface area (Å²) in [4.78, 5) is 47.6. The molecule has 5 atom stereocenters. The van der Waals surface area contributed by atoms with Crippen LogP contribution in [0.1, 0.15) is 134 Å². The molecule has 4 N–H and O–H groups in total. The van der Waals surface area contributed by atoms with Crippen LogP contribution in [-0.2, 0) is 23.1 Å². The van der Waals surface area contributed by atoms with E-state index in [0.717, 1.165) is 69.3 Å². The van der Waals surface area contributed by atoms with Crippen LogP contribution in [0.25, 0.3) is 0 Å². The summed E-state index contributed by atoms with van der Waals surface area (Å²) in [6.45, 7) is 9.21. The Hall–Kier alpha value is -2.86. The predicted molar refractivity (Wildman–Crippen MR) is 219 cm³/mol. The second-order valence-corrected chi connectivity index (χ2v) is 19.3. The van der Waals surface area contributed by atoms with Gasteiger partial charge in [0.05, 0.1) is 0 Å². The van der Waals surface area contributed by atoms with Crippen LogP contribution in [0.15, 0.2) is 60.7 Å². The SMILES string of the molecule is CC(=O)OC1(C2(c3ccccc3)SCCCS2)CCCC(NC(=O)OC(C)(C)C)C1.CC1CCCC(=O)C1.NC1CCCC(O)(C(=O)c2ccccc2)C1. The lowest BCUT2D eigenvalue weighted by molar-refractivity contribution is -0.163. The maximum Gasteiger partial charge on any atom is 0.407 e. The van der Waals surface area contributed by atoms with Gasteiger partial charge < -0.3 is 25.6 Å². The second kappa shape index (κ2) is 19.8. The number of aliphatic hydroxyl groups is 1. The van der Waals surface area contributed by atoms with Crippen molar-refractivity contribution in [2.24, 2.45) is 11.7 Å². The fraction of sp³-hybridized carbons (Fsp3) is 0.628. The number of Topliss-reactive ketones (excluding diaryl/α,β-unsaturated/α-hetero) is 2. The average Bonchev–Trinajstić information content (AvgIpc) is 3.12. The molecular weight excluding hydrogens is 721 g/mol. The Kier molecular flexibility index (Phi) is 16.1. The minimum Gasteiger partial charge on any atom is -0.456 e. The summed E-state index contributed by atoms with van der Waals surface area (Å²) in [6.07, 6.45) is 10.5. The van der Waals surface area contributed by atoms with Crippen molar-refractivity contribution in [3.63, 3.8) is 0 Å². The topological polar surface area (TPSA) is 145 Å². The van der Waals surface area contributed by atoms with Crippen molar-refractivity contribution in [2.75, 3.05) is 11.5 Å². The summed E-state index contributed by atoms with van der Waals surface area (Å²) < 4.78 is 11.3. The molecule has 0 bridgehead atoms. The van der Waals surface area contributed by atoms with E-state index >= 15 is 0 Å². The normalized spacial score (nSPS) is 28.1. The summed E-state index contributed by atoms with van der Waals surface area (Å²) in [6, 6.07) is 19.2. The van der Waals surface area contributed by atoms with Crippen molar-refractivity contribution in [1.82, 2.24) is 5.32 Å². The molecule has 4 fully saturated rings. The minimum absolute atomic E-state index is 0.0635. The first kappa shape index (κ1) is 43.9. The highest BCUT2D eigenvalue weighted by Crippen LogP contribution is 2.62. The molecule has 3 aliphatic carbocycles. The Balaban J connectivity index is 0.000000223. The maximum absolute atomic E-state index is 12.4. The zero-order valence-electron chi connectivity index (χ0n) is 32.9. The van der Waals surface area contributed by atoms with E-state index in [4.69, 9.17) is 15.2 Å². The number of hydrogen-bond acceptors (Lipinski definition) is 10. The number of benzene rings is 2. The van der Waals surface area contributed by atoms with E-state index in [1.807, 2.05) is 68.6 Å². The molecule has 5 unspecified atom stereocenters. The number of ether oxygens (including phenoxy) is 2. The van der Waals surface area contributed by atoms with Crippen LogP contribution in [0.4, 0.5) is 4.79 Å². The molecule has 3 saturated carbocycles. The zero-order chi connectivity index (χ0) is 39.4. The molecule has 0 spiro atoms. The largest absolute Gasteiger partial charge is 0.456 e. The van der Waals surface area contributed by atoms with Gasteiger partial charge in [-0.1, -0.05) is 67.6 Å². The van der Waals surface area contributed by atoms with Gasteiger partial charge in [0.25, 0.3) is 0 Å². The summed E-state index contributed by atoms with van der Waals surface area (Å²) in [5.74, 6) is 2.71. The Labute approximate surface area is 331 Å². The fourth-order valence-corrected chi connectivity index (χ4v) is 11.8. The average molecular weight is 783 g/mol. The number of thioether (sulfide) groups is 2. The maximum atomic E-state index is 12.4. The van der Waals surface area contributed by atoms with Crippen molar-refractivity contribution >= 4 is 47.2 Å². The van der Waals surface area contributed by atoms with E-state index < -0.39 is 22.9 Å². The molecule has 54 heavy (non-hydrogen) atoms. The quantitative estimate of drug-likeness (QED) is 0.192. The van der Waals surface area contributed by atoms with E-state index in [9.17, 15) is 24.3 Å². The zero-order valence-corrected chi connectivity index (χ0v) is 34.5. The number of esters is 1. The number of carbonyl (C=O) groups excluding carboxylic acids is 4. The van der Waals surface area contributed by atoms with Gasteiger partial charge >= 0.3 is 12.1 Å². The van der Waals surface area contributed by atoms with Crippen LogP contribution in [0.3, 0.4) is 0 Å². The third-order valence-corrected chi connectivity index (χ3v) is 14.1. The number of carbonyl (C=O) groups is 4. The molecule has 4 aliphatic rings. The Morgan fingerprint density at radius 2 is 1.50 bits per heavy atom. The highest BCUT2D eigenvalue weighted by molar-refractivity contribution is 8.18. The molecule has 0 aromatic heterocycles. The first-order chi connectivity index (χ1) is 25.6. The first-order valence-corrected chi connectivity index (χ1v) is 21.7. The summed E-state index contributed by atoms with van der Waals surface area (Å²) >= 11 is 3.77. The number of hydrogen-bond donors (Lipinski definition) is 3. The monoisotopic (exact) mass is 782 g/mol. The van der Waals surface area contributed by atoms with Crippen molar-refractivity contribution in [3.05, 3.63) is 71.8 Å². The third kappa shape index (κ3) is 12.3. The summed E-state index contributed by atoms with van der Waals surface area (Å²) in [7, 11) is 0. The summed E-state index contributed by atoms with van der Waals surface area (Å²) in [5, 5.41) is 13.4. The lowest BCUT2D eigenvalue weighted by atomic mass is 9.76. The molecule has 298 valence electrons. The van der Waals surface area contributed by atoms with Gasteiger partial charge in [-0.05, 0) is 108 Å². The van der Waals surface area contributed by atoms with Crippen molar-refractivity contribution < 1.29 is 33.8 Å². The Morgan fingerprint density at radius 3 is 2.06 bits per heavy atom. The van der Waals surface area contributed by atoms with Crippen LogP contribution >= 0.6 is 23.5 Å². The van der Waals surface area contributed by atoms with Gasteiger partial charge in [-0.3, -0.25) is 14.4 Å². The van der Waals surface area contributed by atoms with Gasteiger partial charge in [-0.2, -0.15) is 0 Å². The van der Waals surface area contributed by atoms with Crippen molar-refractivity contribution in [3.8, 4) is 0 Å². The number of nitrogens with one attached hydrogen (secondary N) is 1. The van der Waals surface area contributed by atoms with Crippen LogP contribution in [0.2, 0.25) is 0 Å². The molecule has 1 saturated heterocycles. The second-order valence-electron chi connectivity index (χ2n) is 16.4. The van der Waals surface area contributed by atoms with E-state index in [1.54, 1.807) is 24.3 Å². The van der Waals surface area contributed by atoms with Crippen LogP contribution in [0, 0.1) is 5.92 Å². The smallest absolute Gasteiger partial charge is 0.407 e. The van der Waals surface area contributed by atoms with Gasteiger partial charge in [0.1, 0.15) is 26.7 Å². The summed E-state index contributed by atoms with van der Waals surface area (Å²) in [5.41, 5.74) is 5.07. The fourth-order valence-electron chi connectivity index (χ4n) is 8.05. The molecule has 6 rings (SSSR count). The van der Waals surface area contributed by atoms with Crippen LogP contribution < -0.4 is 11.1 Å². The highest BCUT2D eigenvalue weighted by Gasteiger charge is 2.58. The Bertz CT molecular complexity index is 1530. The molecule has 0 radical (unpaired) electrons. The molecule has 11 heteroatoms. The highest BCUT2D eigenvalue weighted by atomic mass is 32.2. The van der Waals surface area contributed by atoms with Crippen LogP contribution in [-0.4, -0.2) is 69.1 Å². The van der Waals surface area contributed by atoms with Gasteiger partial charge in [-0.15, -0.1) is 23.5 Å². The molecule has 1 amide bonds. The van der Waals surface area contributed by atoms with Gasteiger partial charge in [0.15, 0.2) is 5.78 Å². The standard InChI is InChI=1S/C23H33NO4S2.C13H17NO2.C7H12O/c1-17(25)27-22(13-8-12-19(16-22)24-20(26)28-21(2,3)4)23(29-14-9-15-30-23)18-10-6-5-7-11-18;14-11-7-4-8-13(16,9-11)12(15)10-5-2-1-3-6-10;1-6-3-2-4-7(8)5-6/h5-7,10-11,19H,8-9,12-16H2,1-4H3,(H,24,26);1-3,5-6,11,16H,4,7-9,14H2;6H,2-5H2,1H3. The molecular formula is C43H62N2O7S2. The van der Waals surface area contributed by atoms with Gasteiger partial charge in [0.2, 0.25) is 0 Å². The van der Waals surface area contributed by atoms with Crippen molar-refractivity contribution in [2.45, 2.75) is 151 Å². The Morgan fingerprint density at radius 1 is 0.870 bits per heavy atom. The molecule has 2 aromatic carbocycles. The lowest BCUT2D eigenvalue weighted by Crippen LogP contribution is -2.58. The van der Waals surface area contributed by atoms with E-state index in [0.29, 0.717) is 36.5 Å². The molecule has 1 heterocycles. The third-order valence-electron chi connectivity index (χ3n) is 10.4. The number of rotatable bonds is 6.